The van der Waals surface area contributed by atoms with E-state index in [0.29, 0.717) is 24.0 Å². The van der Waals surface area contributed by atoms with E-state index in [4.69, 9.17) is 5.21 Å². The zero-order valence-corrected chi connectivity index (χ0v) is 10.2. The molecule has 1 aromatic rings. The molecule has 0 saturated heterocycles. The Kier molecular flexibility index (Phi) is 3.91. The molecule has 0 bridgehead atoms. The Morgan fingerprint density at radius 2 is 1.79 bits per heavy atom. The molecule has 2 amide bonds. The van der Waals surface area contributed by atoms with Gasteiger partial charge in [0.05, 0.1) is 23.8 Å². The molecule has 0 radical (unpaired) electrons. The molecule has 0 spiro atoms. The molecule has 0 aromatic heterocycles. The molecule has 2 rings (SSSR count). The molecule has 100 valence electrons. The van der Waals surface area contributed by atoms with E-state index < -0.39 is 6.04 Å². The van der Waals surface area contributed by atoms with Gasteiger partial charge in [0.25, 0.3) is 11.8 Å². The van der Waals surface area contributed by atoms with Gasteiger partial charge in [-0.2, -0.15) is 0 Å². The molecule has 1 aromatic carbocycles. The van der Waals surface area contributed by atoms with Crippen LogP contribution in [0.5, 0.6) is 0 Å². The summed E-state index contributed by atoms with van der Waals surface area (Å²) >= 11 is 0. The predicted molar refractivity (Wildman–Crippen MR) is 67.3 cm³/mol. The number of aliphatic hydroxyl groups excluding tert-OH is 1. The summed E-state index contributed by atoms with van der Waals surface area (Å²) in [5.41, 5.74) is 0.726. The molecule has 19 heavy (non-hydrogen) atoms. The maximum atomic E-state index is 12.2. The first-order chi connectivity index (χ1) is 9.20. The van der Waals surface area contributed by atoms with Gasteiger partial charge in [-0.25, -0.2) is 0 Å². The normalized spacial score (nSPS) is 16.2. The third-order valence-corrected chi connectivity index (χ3v) is 3.11. The van der Waals surface area contributed by atoms with E-state index in [1.54, 1.807) is 24.3 Å². The highest BCUT2D eigenvalue weighted by Gasteiger charge is 2.39. The molecule has 0 fully saturated rings. The fraction of sp³-hybridized carbons (Fsp3) is 0.308. The van der Waals surface area contributed by atoms with Crippen LogP contribution >= 0.6 is 0 Å². The average molecular weight is 262 g/mol. The lowest BCUT2D eigenvalue weighted by Gasteiger charge is -2.23. The quantitative estimate of drug-likeness (QED) is 0.357. The summed E-state index contributed by atoms with van der Waals surface area (Å²) in [5.74, 6) is -0.777. The first-order valence-corrected chi connectivity index (χ1v) is 5.94. The SMILES string of the molecule is O=C1c2ccccc2C(=O)N1[C@@H](CO)CC/C=N/O. The molecular weight excluding hydrogens is 248 g/mol. The number of aliphatic hydroxyl groups is 1. The van der Waals surface area contributed by atoms with Crippen LogP contribution in [0.2, 0.25) is 0 Å². The predicted octanol–water partition coefficient (Wildman–Crippen LogP) is 0.884. The fourth-order valence-corrected chi connectivity index (χ4v) is 2.17. The molecule has 0 aliphatic carbocycles. The van der Waals surface area contributed by atoms with E-state index in [2.05, 4.69) is 5.16 Å². The molecule has 6 heteroatoms. The molecule has 6 nitrogen and oxygen atoms in total. The Morgan fingerprint density at radius 1 is 1.21 bits per heavy atom. The fourth-order valence-electron chi connectivity index (χ4n) is 2.17. The molecule has 1 aliphatic heterocycles. The lowest BCUT2D eigenvalue weighted by Crippen LogP contribution is -2.42. The van der Waals surface area contributed by atoms with E-state index in [-0.39, 0.29) is 18.4 Å². The Hall–Kier alpha value is -2.21. The van der Waals surface area contributed by atoms with Gasteiger partial charge in [-0.05, 0) is 25.0 Å². The number of hydrogen-bond acceptors (Lipinski definition) is 5. The van der Waals surface area contributed by atoms with Gasteiger partial charge in [0, 0.05) is 6.21 Å². The van der Waals surface area contributed by atoms with Gasteiger partial charge >= 0.3 is 0 Å². The third kappa shape index (κ3) is 2.34. The highest BCUT2D eigenvalue weighted by Crippen LogP contribution is 2.25. The van der Waals surface area contributed by atoms with Crippen LogP contribution < -0.4 is 0 Å². The molecule has 1 aliphatic rings. The number of carbonyl (C=O) groups is 2. The van der Waals surface area contributed by atoms with E-state index in [9.17, 15) is 14.7 Å². The topological polar surface area (TPSA) is 90.2 Å². The summed E-state index contributed by atoms with van der Waals surface area (Å²) in [6, 6.07) is 5.98. The van der Waals surface area contributed by atoms with E-state index >= 15 is 0 Å². The summed E-state index contributed by atoms with van der Waals surface area (Å²) in [4.78, 5) is 25.4. The largest absolute Gasteiger partial charge is 0.411 e. The van der Waals surface area contributed by atoms with Crippen LogP contribution in [0.3, 0.4) is 0 Å². The molecule has 0 unspecified atom stereocenters. The maximum absolute atomic E-state index is 12.2. The number of rotatable bonds is 5. The van der Waals surface area contributed by atoms with Gasteiger partial charge in [-0.1, -0.05) is 12.1 Å². The van der Waals surface area contributed by atoms with Crippen LogP contribution in [0.15, 0.2) is 29.4 Å². The van der Waals surface area contributed by atoms with Crippen molar-refractivity contribution in [2.75, 3.05) is 6.61 Å². The van der Waals surface area contributed by atoms with Gasteiger partial charge in [0.15, 0.2) is 0 Å². The summed E-state index contributed by atoms with van der Waals surface area (Å²) in [7, 11) is 0. The van der Waals surface area contributed by atoms with Crippen molar-refractivity contribution in [3.63, 3.8) is 0 Å². The second-order valence-corrected chi connectivity index (χ2v) is 4.24. The standard InChI is InChI=1S/C13H14N2O4/c16-8-9(4-3-7-14-19)15-12(17)10-5-1-2-6-11(10)13(15)18/h1-2,5-7,9,16,19H,3-4,8H2/b14-7+/t9-/m1/s1. The minimum absolute atomic E-state index is 0.315. The summed E-state index contributed by atoms with van der Waals surface area (Å²) < 4.78 is 0. The minimum Gasteiger partial charge on any atom is -0.411 e. The molecule has 0 saturated carbocycles. The molecular formula is C13H14N2O4. The Labute approximate surface area is 110 Å². The van der Waals surface area contributed by atoms with Gasteiger partial charge in [0.2, 0.25) is 0 Å². The molecule has 2 N–H and O–H groups in total. The highest BCUT2D eigenvalue weighted by atomic mass is 16.4. The van der Waals surface area contributed by atoms with Gasteiger partial charge in [-0.3, -0.25) is 14.5 Å². The van der Waals surface area contributed by atoms with Gasteiger partial charge < -0.3 is 10.3 Å². The zero-order chi connectivity index (χ0) is 13.8. The van der Waals surface area contributed by atoms with Crippen molar-refractivity contribution in [3.8, 4) is 0 Å². The van der Waals surface area contributed by atoms with Crippen LogP contribution in [0.4, 0.5) is 0 Å². The third-order valence-electron chi connectivity index (χ3n) is 3.11. The van der Waals surface area contributed by atoms with Gasteiger partial charge in [0.1, 0.15) is 0 Å². The second-order valence-electron chi connectivity index (χ2n) is 4.24. The smallest absolute Gasteiger partial charge is 0.261 e. The van der Waals surface area contributed by atoms with Crippen LogP contribution in [0, 0.1) is 0 Å². The Balaban J connectivity index is 2.22. The lowest BCUT2D eigenvalue weighted by molar-refractivity contribution is 0.0508. The first kappa shape index (κ1) is 13.2. The van der Waals surface area contributed by atoms with Crippen LogP contribution in [-0.4, -0.2) is 45.9 Å². The Morgan fingerprint density at radius 3 is 2.26 bits per heavy atom. The van der Waals surface area contributed by atoms with E-state index in [1.807, 2.05) is 0 Å². The van der Waals surface area contributed by atoms with Crippen molar-refractivity contribution in [1.29, 1.82) is 0 Å². The number of carbonyl (C=O) groups excluding carboxylic acids is 2. The van der Waals surface area contributed by atoms with Gasteiger partial charge in [-0.15, -0.1) is 5.16 Å². The lowest BCUT2D eigenvalue weighted by atomic mass is 10.1. The average Bonchev–Trinajstić information content (AvgIpc) is 2.69. The molecule has 1 atom stereocenters. The van der Waals surface area contributed by atoms with E-state index in [0.717, 1.165) is 4.90 Å². The first-order valence-electron chi connectivity index (χ1n) is 5.94. The maximum Gasteiger partial charge on any atom is 0.261 e. The van der Waals surface area contributed by atoms with Crippen LogP contribution in [-0.2, 0) is 0 Å². The summed E-state index contributed by atoms with van der Waals surface area (Å²) in [6.45, 7) is -0.315. The number of fused-ring (bicyclic) bond motifs is 1. The number of oxime groups is 1. The number of benzene rings is 1. The minimum atomic E-state index is -0.606. The Bertz CT molecular complexity index is 492. The monoisotopic (exact) mass is 262 g/mol. The number of imide groups is 1. The summed E-state index contributed by atoms with van der Waals surface area (Å²) in [6.07, 6.45) is 1.99. The van der Waals surface area contributed by atoms with Crippen molar-refractivity contribution in [1.82, 2.24) is 4.90 Å². The van der Waals surface area contributed by atoms with Crippen molar-refractivity contribution < 1.29 is 19.9 Å². The van der Waals surface area contributed by atoms with Crippen molar-refractivity contribution in [2.45, 2.75) is 18.9 Å². The number of nitrogens with zero attached hydrogens (tertiary/aromatic N) is 2. The van der Waals surface area contributed by atoms with Crippen LogP contribution in [0.1, 0.15) is 33.6 Å². The highest BCUT2D eigenvalue weighted by molar-refractivity contribution is 6.21. The molecule has 1 heterocycles. The second kappa shape index (κ2) is 5.62. The van der Waals surface area contributed by atoms with Crippen molar-refractivity contribution in [3.05, 3.63) is 35.4 Å². The zero-order valence-electron chi connectivity index (χ0n) is 10.2. The van der Waals surface area contributed by atoms with Crippen LogP contribution in [0.25, 0.3) is 0 Å². The van der Waals surface area contributed by atoms with Crippen molar-refractivity contribution >= 4 is 18.0 Å². The number of amides is 2. The van der Waals surface area contributed by atoms with Crippen molar-refractivity contribution in [2.24, 2.45) is 5.16 Å². The number of hydrogen-bond donors (Lipinski definition) is 2. The summed E-state index contributed by atoms with van der Waals surface area (Å²) in [5, 5.41) is 20.5. The van der Waals surface area contributed by atoms with E-state index in [1.165, 1.54) is 6.21 Å².